The smallest absolute Gasteiger partial charge is 0.305 e. The van der Waals surface area contributed by atoms with Gasteiger partial charge in [-0.2, -0.15) is 0 Å². The minimum atomic E-state index is -0.187. The van der Waals surface area contributed by atoms with Crippen LogP contribution in [0.1, 0.15) is 31.3 Å². The number of ether oxygens (including phenoxy) is 1. The molecule has 1 unspecified atom stereocenters. The van der Waals surface area contributed by atoms with Gasteiger partial charge >= 0.3 is 5.97 Å². The van der Waals surface area contributed by atoms with Crippen molar-refractivity contribution >= 4 is 5.97 Å². The summed E-state index contributed by atoms with van der Waals surface area (Å²) < 4.78 is 10.2. The van der Waals surface area contributed by atoms with Gasteiger partial charge in [0.25, 0.3) is 0 Å². The van der Waals surface area contributed by atoms with Crippen molar-refractivity contribution in [3.05, 3.63) is 23.7 Å². The lowest BCUT2D eigenvalue weighted by molar-refractivity contribution is -0.143. The van der Waals surface area contributed by atoms with Gasteiger partial charge in [0.2, 0.25) is 0 Å². The molecule has 0 amide bonds. The van der Waals surface area contributed by atoms with E-state index < -0.39 is 0 Å². The van der Waals surface area contributed by atoms with Crippen LogP contribution in [-0.4, -0.2) is 18.6 Å². The number of rotatable bonds is 6. The van der Waals surface area contributed by atoms with Crippen molar-refractivity contribution in [2.24, 2.45) is 5.73 Å². The normalized spacial score (nSPS) is 12.4. The molecule has 1 atom stereocenters. The minimum absolute atomic E-state index is 0.0602. The summed E-state index contributed by atoms with van der Waals surface area (Å²) in [5.41, 5.74) is 5.89. The number of aryl methyl sites for hydroxylation is 1. The second kappa shape index (κ2) is 6.33. The van der Waals surface area contributed by atoms with Gasteiger partial charge in [0.15, 0.2) is 0 Å². The Hall–Kier alpha value is -1.29. The number of nitrogens with two attached hydrogens (primary N) is 1. The van der Waals surface area contributed by atoms with Gasteiger partial charge in [0.05, 0.1) is 6.61 Å². The quantitative estimate of drug-likeness (QED) is 0.750. The molecule has 0 aliphatic rings. The number of furan rings is 1. The van der Waals surface area contributed by atoms with Crippen molar-refractivity contribution in [1.29, 1.82) is 0 Å². The van der Waals surface area contributed by atoms with Crippen LogP contribution in [0.15, 0.2) is 16.5 Å². The van der Waals surface area contributed by atoms with E-state index in [1.165, 1.54) is 0 Å². The third-order valence-electron chi connectivity index (χ3n) is 2.28. The highest BCUT2D eigenvalue weighted by Crippen LogP contribution is 2.10. The SMILES string of the molecule is CCOC(=O)CCC(N)Cc1ccc(C)o1. The molecular weight excluding hydrogens is 206 g/mol. The van der Waals surface area contributed by atoms with Crippen LogP contribution in [-0.2, 0) is 16.0 Å². The van der Waals surface area contributed by atoms with Crippen molar-refractivity contribution < 1.29 is 13.9 Å². The number of hydrogen-bond donors (Lipinski definition) is 1. The molecule has 0 aliphatic heterocycles. The summed E-state index contributed by atoms with van der Waals surface area (Å²) >= 11 is 0. The largest absolute Gasteiger partial charge is 0.466 e. The van der Waals surface area contributed by atoms with Crippen molar-refractivity contribution in [3.63, 3.8) is 0 Å². The van der Waals surface area contributed by atoms with Gasteiger partial charge < -0.3 is 14.9 Å². The van der Waals surface area contributed by atoms with Crippen LogP contribution in [0.2, 0.25) is 0 Å². The van der Waals surface area contributed by atoms with Gasteiger partial charge in [0.1, 0.15) is 11.5 Å². The monoisotopic (exact) mass is 225 g/mol. The van der Waals surface area contributed by atoms with Gasteiger partial charge in [-0.15, -0.1) is 0 Å². The van der Waals surface area contributed by atoms with Crippen molar-refractivity contribution in [1.82, 2.24) is 0 Å². The molecule has 0 radical (unpaired) electrons. The van der Waals surface area contributed by atoms with E-state index in [0.29, 0.717) is 25.9 Å². The zero-order chi connectivity index (χ0) is 12.0. The van der Waals surface area contributed by atoms with Crippen LogP contribution in [0, 0.1) is 6.92 Å². The molecule has 0 aromatic carbocycles. The van der Waals surface area contributed by atoms with Crippen molar-refractivity contribution in [2.45, 2.75) is 39.2 Å². The fourth-order valence-electron chi connectivity index (χ4n) is 1.49. The lowest BCUT2D eigenvalue weighted by atomic mass is 10.1. The fourth-order valence-corrected chi connectivity index (χ4v) is 1.49. The number of carbonyl (C=O) groups is 1. The van der Waals surface area contributed by atoms with E-state index in [2.05, 4.69) is 0 Å². The predicted molar refractivity (Wildman–Crippen MR) is 61.0 cm³/mol. The summed E-state index contributed by atoms with van der Waals surface area (Å²) in [5.74, 6) is 1.56. The standard InChI is InChI=1S/C12H19NO3/c1-3-15-12(14)7-5-10(13)8-11-6-4-9(2)16-11/h4,6,10H,3,5,7-8,13H2,1-2H3. The van der Waals surface area contributed by atoms with Crippen LogP contribution in [0.3, 0.4) is 0 Å². The van der Waals surface area contributed by atoms with Crippen LogP contribution in [0.25, 0.3) is 0 Å². The maximum atomic E-state index is 11.1. The van der Waals surface area contributed by atoms with Gasteiger partial charge in [-0.25, -0.2) is 0 Å². The average molecular weight is 225 g/mol. The number of carbonyl (C=O) groups excluding carboxylic acids is 1. The molecule has 16 heavy (non-hydrogen) atoms. The Morgan fingerprint density at radius 1 is 1.56 bits per heavy atom. The van der Waals surface area contributed by atoms with Crippen molar-refractivity contribution in [3.8, 4) is 0 Å². The summed E-state index contributed by atoms with van der Waals surface area (Å²) in [7, 11) is 0. The Morgan fingerprint density at radius 3 is 2.88 bits per heavy atom. The molecular formula is C12H19NO3. The van der Waals surface area contributed by atoms with Crippen LogP contribution >= 0.6 is 0 Å². The first kappa shape index (κ1) is 12.8. The van der Waals surface area contributed by atoms with Crippen LogP contribution < -0.4 is 5.73 Å². The number of esters is 1. The molecule has 4 heteroatoms. The van der Waals surface area contributed by atoms with E-state index >= 15 is 0 Å². The molecule has 2 N–H and O–H groups in total. The first-order chi connectivity index (χ1) is 7.61. The second-order valence-electron chi connectivity index (χ2n) is 3.82. The molecule has 1 heterocycles. The fraction of sp³-hybridized carbons (Fsp3) is 0.583. The minimum Gasteiger partial charge on any atom is -0.466 e. The van der Waals surface area contributed by atoms with Crippen LogP contribution in [0.4, 0.5) is 0 Å². The molecule has 0 saturated heterocycles. The maximum absolute atomic E-state index is 11.1. The summed E-state index contributed by atoms with van der Waals surface area (Å²) in [6, 6.07) is 3.77. The first-order valence-corrected chi connectivity index (χ1v) is 5.58. The Labute approximate surface area is 95.8 Å². The molecule has 90 valence electrons. The van der Waals surface area contributed by atoms with Crippen LogP contribution in [0.5, 0.6) is 0 Å². The Kier molecular flexibility index (Phi) is 5.05. The summed E-state index contributed by atoms with van der Waals surface area (Å²) in [4.78, 5) is 11.1. The van der Waals surface area contributed by atoms with E-state index in [1.807, 2.05) is 19.1 Å². The molecule has 1 rings (SSSR count). The van der Waals surface area contributed by atoms with E-state index in [1.54, 1.807) is 6.92 Å². The summed E-state index contributed by atoms with van der Waals surface area (Å²) in [6.45, 7) is 4.11. The lowest BCUT2D eigenvalue weighted by Crippen LogP contribution is -2.24. The highest BCUT2D eigenvalue weighted by atomic mass is 16.5. The first-order valence-electron chi connectivity index (χ1n) is 5.58. The third kappa shape index (κ3) is 4.49. The maximum Gasteiger partial charge on any atom is 0.305 e. The van der Waals surface area contributed by atoms with Crippen molar-refractivity contribution in [2.75, 3.05) is 6.61 Å². The third-order valence-corrected chi connectivity index (χ3v) is 2.28. The average Bonchev–Trinajstić information content (AvgIpc) is 2.61. The Bertz CT molecular complexity index is 333. The molecule has 0 fully saturated rings. The lowest BCUT2D eigenvalue weighted by Gasteiger charge is -2.09. The molecule has 0 aliphatic carbocycles. The summed E-state index contributed by atoms with van der Waals surface area (Å²) in [5, 5.41) is 0. The van der Waals surface area contributed by atoms with E-state index in [0.717, 1.165) is 11.5 Å². The zero-order valence-electron chi connectivity index (χ0n) is 9.86. The van der Waals surface area contributed by atoms with E-state index in [9.17, 15) is 4.79 Å². The Balaban J connectivity index is 2.25. The predicted octanol–water partition coefficient (Wildman–Crippen LogP) is 1.80. The number of hydrogen-bond acceptors (Lipinski definition) is 4. The molecule has 0 saturated carbocycles. The van der Waals surface area contributed by atoms with Gasteiger partial charge in [-0.1, -0.05) is 0 Å². The highest BCUT2D eigenvalue weighted by Gasteiger charge is 2.10. The summed E-state index contributed by atoms with van der Waals surface area (Å²) in [6.07, 6.45) is 1.65. The zero-order valence-corrected chi connectivity index (χ0v) is 9.86. The molecule has 0 bridgehead atoms. The molecule has 0 spiro atoms. The highest BCUT2D eigenvalue weighted by molar-refractivity contribution is 5.69. The second-order valence-corrected chi connectivity index (χ2v) is 3.82. The van der Waals surface area contributed by atoms with Gasteiger partial charge in [-0.05, 0) is 32.4 Å². The van der Waals surface area contributed by atoms with Gasteiger partial charge in [-0.3, -0.25) is 4.79 Å². The molecule has 1 aromatic rings. The van der Waals surface area contributed by atoms with E-state index in [4.69, 9.17) is 14.9 Å². The topological polar surface area (TPSA) is 65.5 Å². The van der Waals surface area contributed by atoms with Gasteiger partial charge in [0, 0.05) is 18.9 Å². The molecule has 4 nitrogen and oxygen atoms in total. The Morgan fingerprint density at radius 2 is 2.31 bits per heavy atom. The molecule has 1 aromatic heterocycles. The van der Waals surface area contributed by atoms with E-state index in [-0.39, 0.29) is 12.0 Å².